The summed E-state index contributed by atoms with van der Waals surface area (Å²) in [5, 5.41) is 6.05. The fourth-order valence-corrected chi connectivity index (χ4v) is 4.53. The number of halogens is 1. The molecule has 2 aliphatic heterocycles. The van der Waals surface area contributed by atoms with Gasteiger partial charge in [0.2, 0.25) is 21.8 Å². The molecule has 2 amide bonds. The van der Waals surface area contributed by atoms with Gasteiger partial charge in [-0.3, -0.25) is 9.59 Å². The van der Waals surface area contributed by atoms with Crippen molar-refractivity contribution in [3.8, 4) is 0 Å². The molecule has 2 atom stereocenters. The van der Waals surface area contributed by atoms with E-state index >= 15 is 0 Å². The van der Waals surface area contributed by atoms with Crippen LogP contribution in [0.1, 0.15) is 18.4 Å². The van der Waals surface area contributed by atoms with Crippen molar-refractivity contribution in [1.82, 2.24) is 14.9 Å². The molecule has 1 aromatic rings. The molecule has 25 heavy (non-hydrogen) atoms. The maximum Gasteiger partial charge on any atom is 0.242 e. The van der Waals surface area contributed by atoms with Crippen LogP contribution in [0.15, 0.2) is 24.3 Å². The molecule has 7 nitrogen and oxygen atoms in total. The molecule has 1 aromatic carbocycles. The average molecular weight is 386 g/mol. The number of nitrogens with one attached hydrogen (secondary N) is 2. The molecule has 2 heterocycles. The molecule has 2 aliphatic rings. The largest absolute Gasteiger partial charge is 0.350 e. The maximum atomic E-state index is 12.4. The van der Waals surface area contributed by atoms with Gasteiger partial charge in [-0.15, -0.1) is 0 Å². The minimum Gasteiger partial charge on any atom is -0.350 e. The van der Waals surface area contributed by atoms with Crippen LogP contribution in [0.25, 0.3) is 0 Å². The van der Waals surface area contributed by atoms with E-state index in [2.05, 4.69) is 10.6 Å². The lowest BCUT2D eigenvalue weighted by atomic mass is 9.84. The Labute approximate surface area is 151 Å². The van der Waals surface area contributed by atoms with Crippen LogP contribution >= 0.6 is 11.6 Å². The third-order valence-electron chi connectivity index (χ3n) is 4.90. The highest BCUT2D eigenvalue weighted by atomic mass is 35.5. The molecular formula is C16H20ClN3O4S. The minimum atomic E-state index is -3.34. The standard InChI is InChI=1S/C16H20ClN3O4S/c1-25(23,24)20-7-6-16(10-20)8-13(19-15(16)22)14(21)18-9-11-4-2-3-5-12(11)17/h2-5,13H,6-10H2,1H3,(H,18,21)(H,19,22)/t13-,16-/m0/s1. The number of amides is 2. The van der Waals surface area contributed by atoms with Crippen molar-refractivity contribution >= 4 is 33.4 Å². The fraction of sp³-hybridized carbons (Fsp3) is 0.500. The first-order valence-electron chi connectivity index (χ1n) is 7.98. The van der Waals surface area contributed by atoms with Gasteiger partial charge in [0.1, 0.15) is 6.04 Å². The highest BCUT2D eigenvalue weighted by Gasteiger charge is 2.53. The van der Waals surface area contributed by atoms with E-state index in [-0.39, 0.29) is 24.9 Å². The topological polar surface area (TPSA) is 95.6 Å². The molecule has 3 rings (SSSR count). The predicted octanol–water partition coefficient (Wildman–Crippen LogP) is 0.496. The highest BCUT2D eigenvalue weighted by molar-refractivity contribution is 7.88. The molecule has 0 aliphatic carbocycles. The normalized spacial score (nSPS) is 26.8. The van der Waals surface area contributed by atoms with Gasteiger partial charge in [-0.05, 0) is 24.5 Å². The van der Waals surface area contributed by atoms with Crippen molar-refractivity contribution < 1.29 is 18.0 Å². The molecule has 0 aromatic heterocycles. The van der Waals surface area contributed by atoms with E-state index in [1.165, 1.54) is 4.31 Å². The van der Waals surface area contributed by atoms with Crippen LogP contribution in [-0.4, -0.2) is 49.9 Å². The summed E-state index contributed by atoms with van der Waals surface area (Å²) in [6.07, 6.45) is 1.86. The van der Waals surface area contributed by atoms with E-state index in [1.54, 1.807) is 6.07 Å². The molecule has 0 unspecified atom stereocenters. The zero-order valence-corrected chi connectivity index (χ0v) is 15.4. The molecule has 2 saturated heterocycles. The Kier molecular flexibility index (Phi) is 4.78. The Hall–Kier alpha value is -1.64. The lowest BCUT2D eigenvalue weighted by Gasteiger charge is -2.20. The van der Waals surface area contributed by atoms with Crippen LogP contribution in [0.4, 0.5) is 0 Å². The van der Waals surface area contributed by atoms with Crippen molar-refractivity contribution in [2.45, 2.75) is 25.4 Å². The highest BCUT2D eigenvalue weighted by Crippen LogP contribution is 2.40. The zero-order valence-electron chi connectivity index (χ0n) is 13.8. The number of hydrogen-bond acceptors (Lipinski definition) is 4. The predicted molar refractivity (Wildman–Crippen MR) is 93.3 cm³/mol. The molecule has 136 valence electrons. The first kappa shape index (κ1) is 18.2. The lowest BCUT2D eigenvalue weighted by Crippen LogP contribution is -2.41. The van der Waals surface area contributed by atoms with Crippen LogP contribution in [0, 0.1) is 5.41 Å². The molecule has 1 spiro atoms. The number of sulfonamides is 1. The van der Waals surface area contributed by atoms with Gasteiger partial charge in [0.15, 0.2) is 0 Å². The van der Waals surface area contributed by atoms with E-state index in [0.717, 1.165) is 11.8 Å². The Morgan fingerprint density at radius 1 is 1.44 bits per heavy atom. The summed E-state index contributed by atoms with van der Waals surface area (Å²) in [6, 6.07) is 6.54. The molecule has 0 radical (unpaired) electrons. The van der Waals surface area contributed by atoms with Gasteiger partial charge >= 0.3 is 0 Å². The van der Waals surface area contributed by atoms with Crippen LogP contribution in [-0.2, 0) is 26.2 Å². The Morgan fingerprint density at radius 2 is 2.16 bits per heavy atom. The summed E-state index contributed by atoms with van der Waals surface area (Å²) < 4.78 is 24.7. The second kappa shape index (κ2) is 6.59. The number of carbonyl (C=O) groups is 2. The van der Waals surface area contributed by atoms with Crippen molar-refractivity contribution in [3.05, 3.63) is 34.9 Å². The summed E-state index contributed by atoms with van der Waals surface area (Å²) in [7, 11) is -3.34. The molecular weight excluding hydrogens is 366 g/mol. The maximum absolute atomic E-state index is 12.4. The van der Waals surface area contributed by atoms with Crippen LogP contribution in [0.5, 0.6) is 0 Å². The monoisotopic (exact) mass is 385 g/mol. The van der Waals surface area contributed by atoms with Crippen molar-refractivity contribution in [1.29, 1.82) is 0 Å². The van der Waals surface area contributed by atoms with Crippen LogP contribution in [0.2, 0.25) is 5.02 Å². The van der Waals surface area contributed by atoms with Gasteiger partial charge in [0.25, 0.3) is 0 Å². The van der Waals surface area contributed by atoms with E-state index in [9.17, 15) is 18.0 Å². The third-order valence-corrected chi connectivity index (χ3v) is 6.52. The van der Waals surface area contributed by atoms with E-state index < -0.39 is 21.5 Å². The SMILES string of the molecule is CS(=O)(=O)N1CC[C@]2(C[C@@H](C(=O)NCc3ccccc3Cl)NC2=O)C1. The van der Waals surface area contributed by atoms with Crippen molar-refractivity contribution in [2.24, 2.45) is 5.41 Å². The van der Waals surface area contributed by atoms with Gasteiger partial charge in [0.05, 0.1) is 11.7 Å². The minimum absolute atomic E-state index is 0.131. The van der Waals surface area contributed by atoms with Gasteiger partial charge in [-0.1, -0.05) is 29.8 Å². The van der Waals surface area contributed by atoms with E-state index in [0.29, 0.717) is 24.4 Å². The van der Waals surface area contributed by atoms with E-state index in [4.69, 9.17) is 11.6 Å². The zero-order chi connectivity index (χ0) is 18.2. The summed E-state index contributed by atoms with van der Waals surface area (Å²) in [4.78, 5) is 24.8. The Balaban J connectivity index is 1.63. The summed E-state index contributed by atoms with van der Waals surface area (Å²) in [5.41, 5.74) is -0.0178. The second-order valence-electron chi connectivity index (χ2n) is 6.67. The lowest BCUT2D eigenvalue weighted by molar-refractivity contribution is -0.128. The first-order valence-corrected chi connectivity index (χ1v) is 10.2. The number of carbonyl (C=O) groups excluding carboxylic acids is 2. The Morgan fingerprint density at radius 3 is 2.80 bits per heavy atom. The summed E-state index contributed by atoms with van der Waals surface area (Å²) in [5.74, 6) is -0.542. The van der Waals surface area contributed by atoms with Gasteiger partial charge < -0.3 is 10.6 Å². The molecule has 0 bridgehead atoms. The number of benzene rings is 1. The van der Waals surface area contributed by atoms with Gasteiger partial charge in [-0.2, -0.15) is 0 Å². The molecule has 2 fully saturated rings. The Bertz CT molecular complexity index is 813. The van der Waals surface area contributed by atoms with Crippen molar-refractivity contribution in [3.63, 3.8) is 0 Å². The molecule has 0 saturated carbocycles. The van der Waals surface area contributed by atoms with Crippen LogP contribution < -0.4 is 10.6 Å². The first-order chi connectivity index (χ1) is 11.7. The fourth-order valence-electron chi connectivity index (χ4n) is 3.42. The molecule has 2 N–H and O–H groups in total. The van der Waals surface area contributed by atoms with Gasteiger partial charge in [0, 0.05) is 24.7 Å². The number of hydrogen-bond donors (Lipinski definition) is 2. The van der Waals surface area contributed by atoms with Crippen LogP contribution in [0.3, 0.4) is 0 Å². The van der Waals surface area contributed by atoms with E-state index in [1.807, 2.05) is 18.2 Å². The van der Waals surface area contributed by atoms with Crippen molar-refractivity contribution in [2.75, 3.05) is 19.3 Å². The number of nitrogens with zero attached hydrogens (tertiary/aromatic N) is 1. The summed E-state index contributed by atoms with van der Waals surface area (Å²) in [6.45, 7) is 0.708. The number of rotatable bonds is 4. The smallest absolute Gasteiger partial charge is 0.242 e. The summed E-state index contributed by atoms with van der Waals surface area (Å²) >= 11 is 6.06. The molecule has 9 heteroatoms. The third kappa shape index (κ3) is 3.65. The average Bonchev–Trinajstić information content (AvgIpc) is 3.12. The quantitative estimate of drug-likeness (QED) is 0.788. The second-order valence-corrected chi connectivity index (χ2v) is 9.06. The van der Waals surface area contributed by atoms with Gasteiger partial charge in [-0.25, -0.2) is 12.7 Å².